The molecule has 0 saturated carbocycles. The zero-order valence-electron chi connectivity index (χ0n) is 25.8. The van der Waals surface area contributed by atoms with Crippen LogP contribution >= 0.6 is 0 Å². The Morgan fingerprint density at radius 3 is 2.30 bits per heavy atom. The molecule has 0 radical (unpaired) electrons. The van der Waals surface area contributed by atoms with Crippen molar-refractivity contribution < 1.29 is 19.4 Å². The standard InChI is InChI=1S/C36H44N4O4/c1-28(10-9-15-33(42)38(24-25-41)26-29-11-5-3-6-12-29)34(44-2)30-16-18-31(19-17-30)39-27-40(32-13-7-4-8-14-32)36(35(39)43)20-22-37-23-21-36/h3-14,16-19,28,34,37,41H,15,20-27H2,1-2H3/b10-9+/t28-,34+/m1/s1. The monoisotopic (exact) mass is 596 g/mol. The average molecular weight is 597 g/mol. The number of aliphatic hydroxyl groups is 1. The van der Waals surface area contributed by atoms with Crippen LogP contribution in [0.1, 0.15) is 43.4 Å². The molecule has 2 heterocycles. The second-order valence-corrected chi connectivity index (χ2v) is 11.7. The number of anilines is 2. The minimum absolute atomic E-state index is 0.0130. The lowest BCUT2D eigenvalue weighted by Crippen LogP contribution is -2.55. The van der Waals surface area contributed by atoms with Crippen LogP contribution in [-0.2, 0) is 20.9 Å². The van der Waals surface area contributed by atoms with Crippen LogP contribution < -0.4 is 15.1 Å². The van der Waals surface area contributed by atoms with E-state index in [0.29, 0.717) is 19.8 Å². The van der Waals surface area contributed by atoms with Crippen LogP contribution in [0.2, 0.25) is 0 Å². The summed E-state index contributed by atoms with van der Waals surface area (Å²) in [7, 11) is 1.69. The SMILES string of the molecule is CO[C@H](c1ccc(N2CN(c3ccccc3)C3(CCNCC3)C2=O)cc1)[C@H](C)/C=C/CC(=O)N(CCO)Cc1ccccc1. The molecule has 2 fully saturated rings. The van der Waals surface area contributed by atoms with Crippen LogP contribution in [0.3, 0.4) is 0 Å². The first-order valence-corrected chi connectivity index (χ1v) is 15.5. The normalized spacial score (nSPS) is 17.8. The molecule has 5 rings (SSSR count). The molecule has 1 spiro atoms. The summed E-state index contributed by atoms with van der Waals surface area (Å²) in [4.78, 5) is 32.8. The number of benzene rings is 3. The Hall–Kier alpha value is -3.98. The first-order valence-electron chi connectivity index (χ1n) is 15.5. The van der Waals surface area contributed by atoms with Gasteiger partial charge in [-0.1, -0.05) is 79.7 Å². The number of aliphatic hydroxyl groups excluding tert-OH is 1. The summed E-state index contributed by atoms with van der Waals surface area (Å²) in [5.74, 6) is 0.137. The van der Waals surface area contributed by atoms with Gasteiger partial charge in [0.2, 0.25) is 5.91 Å². The number of amides is 2. The molecule has 0 aliphatic carbocycles. The largest absolute Gasteiger partial charge is 0.395 e. The summed E-state index contributed by atoms with van der Waals surface area (Å²) in [6, 6.07) is 28.1. The minimum atomic E-state index is -0.537. The van der Waals surface area contributed by atoms with E-state index in [2.05, 4.69) is 29.3 Å². The van der Waals surface area contributed by atoms with Crippen molar-refractivity contribution in [2.24, 2.45) is 5.92 Å². The van der Waals surface area contributed by atoms with E-state index in [-0.39, 0.29) is 36.9 Å². The first-order chi connectivity index (χ1) is 21.5. The maximum absolute atomic E-state index is 14.0. The number of nitrogens with zero attached hydrogens (tertiary/aromatic N) is 3. The van der Waals surface area contributed by atoms with Gasteiger partial charge in [0.15, 0.2) is 0 Å². The van der Waals surface area contributed by atoms with E-state index in [1.165, 1.54) is 0 Å². The van der Waals surface area contributed by atoms with Crippen molar-refractivity contribution in [1.82, 2.24) is 10.2 Å². The fourth-order valence-electron chi connectivity index (χ4n) is 6.50. The summed E-state index contributed by atoms with van der Waals surface area (Å²) in [5.41, 5.74) is 3.45. The Bertz CT molecular complexity index is 1390. The molecule has 2 aliphatic rings. The maximum atomic E-state index is 14.0. The summed E-state index contributed by atoms with van der Waals surface area (Å²) < 4.78 is 5.90. The van der Waals surface area contributed by atoms with Gasteiger partial charge in [-0.3, -0.25) is 14.5 Å². The molecule has 0 bridgehead atoms. The molecule has 3 aromatic carbocycles. The summed E-state index contributed by atoms with van der Waals surface area (Å²) in [5, 5.41) is 12.9. The van der Waals surface area contributed by atoms with Crippen molar-refractivity contribution in [2.75, 3.05) is 49.8 Å². The van der Waals surface area contributed by atoms with Crippen LogP contribution in [0, 0.1) is 5.92 Å². The molecule has 8 nitrogen and oxygen atoms in total. The van der Waals surface area contributed by atoms with Crippen molar-refractivity contribution in [3.63, 3.8) is 0 Å². The number of piperidine rings is 1. The van der Waals surface area contributed by atoms with E-state index in [4.69, 9.17) is 4.74 Å². The third-order valence-corrected chi connectivity index (χ3v) is 8.88. The fourth-order valence-corrected chi connectivity index (χ4v) is 6.50. The predicted molar refractivity (Wildman–Crippen MR) is 174 cm³/mol. The van der Waals surface area contributed by atoms with E-state index in [0.717, 1.165) is 48.4 Å². The van der Waals surface area contributed by atoms with Crippen LogP contribution in [-0.4, -0.2) is 67.4 Å². The number of nitrogens with one attached hydrogen (secondary N) is 1. The summed E-state index contributed by atoms with van der Waals surface area (Å²) >= 11 is 0. The lowest BCUT2D eigenvalue weighted by Gasteiger charge is -2.39. The number of para-hydroxylation sites is 1. The molecule has 0 unspecified atom stereocenters. The van der Waals surface area contributed by atoms with E-state index in [1.54, 1.807) is 12.0 Å². The molecule has 2 saturated heterocycles. The van der Waals surface area contributed by atoms with Gasteiger partial charge >= 0.3 is 0 Å². The van der Waals surface area contributed by atoms with Gasteiger partial charge in [-0.05, 0) is 61.3 Å². The average Bonchev–Trinajstić information content (AvgIpc) is 3.33. The maximum Gasteiger partial charge on any atom is 0.254 e. The van der Waals surface area contributed by atoms with Crippen molar-refractivity contribution in [1.29, 1.82) is 0 Å². The van der Waals surface area contributed by atoms with Crippen LogP contribution in [0.4, 0.5) is 11.4 Å². The molecule has 2 atom stereocenters. The highest BCUT2D eigenvalue weighted by atomic mass is 16.5. The van der Waals surface area contributed by atoms with Gasteiger partial charge in [-0.25, -0.2) is 0 Å². The number of methoxy groups -OCH3 is 1. The number of hydrogen-bond donors (Lipinski definition) is 2. The van der Waals surface area contributed by atoms with Gasteiger partial charge in [0, 0.05) is 43.9 Å². The Morgan fingerprint density at radius 1 is 1.00 bits per heavy atom. The first kappa shape index (κ1) is 31.4. The Kier molecular flexibility index (Phi) is 10.5. The molecule has 232 valence electrons. The van der Waals surface area contributed by atoms with Gasteiger partial charge in [0.05, 0.1) is 19.4 Å². The van der Waals surface area contributed by atoms with Crippen molar-refractivity contribution >= 4 is 23.2 Å². The zero-order chi connectivity index (χ0) is 30.9. The van der Waals surface area contributed by atoms with E-state index >= 15 is 0 Å². The van der Waals surface area contributed by atoms with Gasteiger partial charge in [-0.15, -0.1) is 0 Å². The molecule has 0 aromatic heterocycles. The minimum Gasteiger partial charge on any atom is -0.395 e. The number of carbonyl (C=O) groups excluding carboxylic acids is 2. The lowest BCUT2D eigenvalue weighted by atomic mass is 9.86. The van der Waals surface area contributed by atoms with Gasteiger partial charge in [0.1, 0.15) is 5.54 Å². The Labute approximate surface area is 260 Å². The van der Waals surface area contributed by atoms with E-state index in [1.807, 2.05) is 89.8 Å². The Balaban J connectivity index is 1.25. The summed E-state index contributed by atoms with van der Waals surface area (Å²) in [6.07, 6.45) is 5.50. The molecule has 2 aliphatic heterocycles. The Morgan fingerprint density at radius 2 is 1.66 bits per heavy atom. The highest BCUT2D eigenvalue weighted by Gasteiger charge is 2.53. The fraction of sp³-hybridized carbons (Fsp3) is 0.389. The molecule has 2 amide bonds. The second-order valence-electron chi connectivity index (χ2n) is 11.7. The van der Waals surface area contributed by atoms with Crippen LogP contribution in [0.15, 0.2) is 97.1 Å². The quantitative estimate of drug-likeness (QED) is 0.289. The van der Waals surface area contributed by atoms with Gasteiger partial charge in [0.25, 0.3) is 5.91 Å². The molecular weight excluding hydrogens is 552 g/mol. The van der Waals surface area contributed by atoms with Crippen molar-refractivity contribution in [3.8, 4) is 0 Å². The molecule has 2 N–H and O–H groups in total. The van der Waals surface area contributed by atoms with E-state index in [9.17, 15) is 14.7 Å². The highest BCUT2D eigenvalue weighted by molar-refractivity contribution is 6.06. The predicted octanol–water partition coefficient (Wildman–Crippen LogP) is 4.91. The second kappa shape index (κ2) is 14.7. The zero-order valence-corrected chi connectivity index (χ0v) is 25.8. The third-order valence-electron chi connectivity index (χ3n) is 8.88. The van der Waals surface area contributed by atoms with E-state index < -0.39 is 5.54 Å². The van der Waals surface area contributed by atoms with Gasteiger partial charge in [-0.2, -0.15) is 0 Å². The topological polar surface area (TPSA) is 85.4 Å². The molecule has 3 aromatic rings. The van der Waals surface area contributed by atoms with Crippen molar-refractivity contribution in [2.45, 2.75) is 44.4 Å². The third kappa shape index (κ3) is 6.88. The van der Waals surface area contributed by atoms with Crippen LogP contribution in [0.25, 0.3) is 0 Å². The molecule has 44 heavy (non-hydrogen) atoms. The van der Waals surface area contributed by atoms with Crippen LogP contribution in [0.5, 0.6) is 0 Å². The number of ether oxygens (including phenoxy) is 1. The highest BCUT2D eigenvalue weighted by Crippen LogP contribution is 2.40. The molecular formula is C36H44N4O4. The summed E-state index contributed by atoms with van der Waals surface area (Å²) in [6.45, 7) is 4.91. The lowest BCUT2D eigenvalue weighted by molar-refractivity contribution is -0.131. The number of hydrogen-bond acceptors (Lipinski definition) is 6. The number of rotatable bonds is 12. The van der Waals surface area contributed by atoms with Crippen molar-refractivity contribution in [3.05, 3.63) is 108 Å². The van der Waals surface area contributed by atoms with Gasteiger partial charge < -0.3 is 25.0 Å². The smallest absolute Gasteiger partial charge is 0.254 e. The molecule has 8 heteroatoms. The number of carbonyl (C=O) groups is 2.